The van der Waals surface area contributed by atoms with Crippen LogP contribution in [0.3, 0.4) is 0 Å². The van der Waals surface area contributed by atoms with Crippen LogP contribution < -0.4 is 0 Å². The van der Waals surface area contributed by atoms with E-state index in [1.54, 1.807) is 0 Å². The average Bonchev–Trinajstić information content (AvgIpc) is 1.78. The Morgan fingerprint density at radius 3 is 1.71 bits per heavy atom. The van der Waals surface area contributed by atoms with Crippen LogP contribution >= 0.6 is 0 Å². The molecule has 2 atom stereocenters. The van der Waals surface area contributed by atoms with Crippen molar-refractivity contribution in [2.75, 3.05) is 0 Å². The van der Waals surface area contributed by atoms with Crippen molar-refractivity contribution in [3.05, 3.63) is 0 Å². The molecule has 0 aliphatic heterocycles. The van der Waals surface area contributed by atoms with Gasteiger partial charge >= 0.3 is 0 Å². The van der Waals surface area contributed by atoms with E-state index in [0.717, 1.165) is 12.8 Å². The summed E-state index contributed by atoms with van der Waals surface area (Å²) in [5.74, 6) is 1.04. The number of hydrogen-bond acceptors (Lipinski definition) is 1. The van der Waals surface area contributed by atoms with Gasteiger partial charge in [0.1, 0.15) is 0 Å². The molecule has 1 nitrogen and oxygen atoms in total. The largest absolute Gasteiger partial charge is 0.390 e. The molecule has 14 heavy (non-hydrogen) atoms. The first-order valence-electron chi connectivity index (χ1n) is 5.77. The minimum absolute atomic E-state index is 0.203. The molecule has 0 amide bonds. The van der Waals surface area contributed by atoms with Gasteiger partial charge in [-0.15, -0.1) is 0 Å². The third-order valence-electron chi connectivity index (χ3n) is 2.77. The van der Waals surface area contributed by atoms with Gasteiger partial charge in [0.05, 0.1) is 5.60 Å². The third kappa shape index (κ3) is 5.64. The van der Waals surface area contributed by atoms with Crippen LogP contribution in [0, 0.1) is 17.3 Å². The molecular formula is C13H28O. The van der Waals surface area contributed by atoms with Gasteiger partial charge < -0.3 is 5.11 Å². The summed E-state index contributed by atoms with van der Waals surface area (Å²) in [6, 6.07) is 0. The number of aliphatic hydroxyl groups is 1. The molecule has 0 rings (SSSR count). The van der Waals surface area contributed by atoms with Crippen LogP contribution in [0.5, 0.6) is 0 Å². The van der Waals surface area contributed by atoms with Crippen LogP contribution in [-0.2, 0) is 0 Å². The number of rotatable bonds is 4. The monoisotopic (exact) mass is 200 g/mol. The Bertz CT molecular complexity index is 163. The summed E-state index contributed by atoms with van der Waals surface area (Å²) in [5, 5.41) is 10.4. The summed E-state index contributed by atoms with van der Waals surface area (Å²) in [5.41, 5.74) is -0.322. The Kier molecular flexibility index (Phi) is 4.64. The molecule has 1 N–H and O–H groups in total. The predicted molar refractivity (Wildman–Crippen MR) is 63.3 cm³/mol. The predicted octanol–water partition coefficient (Wildman–Crippen LogP) is 3.86. The van der Waals surface area contributed by atoms with E-state index in [9.17, 15) is 5.11 Å². The van der Waals surface area contributed by atoms with Gasteiger partial charge in [-0.05, 0) is 37.0 Å². The van der Waals surface area contributed by atoms with Gasteiger partial charge in [0, 0.05) is 0 Å². The van der Waals surface area contributed by atoms with Gasteiger partial charge in [-0.1, -0.05) is 41.5 Å². The van der Waals surface area contributed by atoms with Gasteiger partial charge in [0.2, 0.25) is 0 Å². The molecule has 0 aromatic carbocycles. The van der Waals surface area contributed by atoms with Crippen molar-refractivity contribution >= 4 is 0 Å². The SMILES string of the molecule is CC(C)CC(C)C(C)(O)CC(C)(C)C. The summed E-state index contributed by atoms with van der Waals surface area (Å²) in [6.07, 6.45) is 1.97. The minimum Gasteiger partial charge on any atom is -0.390 e. The molecule has 86 valence electrons. The first-order valence-corrected chi connectivity index (χ1v) is 5.77. The Balaban J connectivity index is 4.30. The molecule has 1 heteroatoms. The lowest BCUT2D eigenvalue weighted by Gasteiger charge is -2.36. The van der Waals surface area contributed by atoms with Crippen LogP contribution in [0.4, 0.5) is 0 Å². The second-order valence-corrected chi connectivity index (χ2v) is 6.63. The van der Waals surface area contributed by atoms with Crippen molar-refractivity contribution in [1.82, 2.24) is 0 Å². The van der Waals surface area contributed by atoms with Gasteiger partial charge in [0.25, 0.3) is 0 Å². The molecular weight excluding hydrogens is 172 g/mol. The van der Waals surface area contributed by atoms with Crippen molar-refractivity contribution in [3.8, 4) is 0 Å². The summed E-state index contributed by atoms with van der Waals surface area (Å²) >= 11 is 0. The van der Waals surface area contributed by atoms with Crippen LogP contribution in [-0.4, -0.2) is 10.7 Å². The van der Waals surface area contributed by atoms with Gasteiger partial charge in [-0.3, -0.25) is 0 Å². The maximum Gasteiger partial charge on any atom is 0.0650 e. The topological polar surface area (TPSA) is 20.2 Å². The van der Waals surface area contributed by atoms with E-state index in [1.807, 2.05) is 6.92 Å². The maximum atomic E-state index is 10.4. The molecule has 0 aromatic heterocycles. The highest BCUT2D eigenvalue weighted by Gasteiger charge is 2.32. The summed E-state index contributed by atoms with van der Waals surface area (Å²) in [4.78, 5) is 0. The van der Waals surface area contributed by atoms with Crippen molar-refractivity contribution in [2.24, 2.45) is 17.3 Å². The van der Waals surface area contributed by atoms with Crippen LogP contribution in [0.15, 0.2) is 0 Å². The van der Waals surface area contributed by atoms with E-state index in [0.29, 0.717) is 11.8 Å². The smallest absolute Gasteiger partial charge is 0.0650 e. The fraction of sp³-hybridized carbons (Fsp3) is 1.00. The molecule has 0 bridgehead atoms. The third-order valence-corrected chi connectivity index (χ3v) is 2.77. The van der Waals surface area contributed by atoms with Crippen molar-refractivity contribution in [1.29, 1.82) is 0 Å². The Hall–Kier alpha value is -0.0400. The number of hydrogen-bond donors (Lipinski definition) is 1. The molecule has 2 unspecified atom stereocenters. The summed E-state index contributed by atoms with van der Waals surface area (Å²) in [7, 11) is 0. The molecule has 0 aliphatic rings. The molecule has 0 aromatic rings. The van der Waals surface area contributed by atoms with E-state index < -0.39 is 5.60 Å². The van der Waals surface area contributed by atoms with E-state index in [2.05, 4.69) is 41.5 Å². The van der Waals surface area contributed by atoms with Crippen LogP contribution in [0.25, 0.3) is 0 Å². The first-order chi connectivity index (χ1) is 6.04. The lowest BCUT2D eigenvalue weighted by molar-refractivity contribution is -0.0341. The normalized spacial score (nSPS) is 19.5. The van der Waals surface area contributed by atoms with Crippen LogP contribution in [0.2, 0.25) is 0 Å². The van der Waals surface area contributed by atoms with Gasteiger partial charge in [-0.25, -0.2) is 0 Å². The molecule has 0 heterocycles. The fourth-order valence-electron chi connectivity index (χ4n) is 2.21. The summed E-state index contributed by atoms with van der Waals surface area (Å²) < 4.78 is 0. The maximum absolute atomic E-state index is 10.4. The van der Waals surface area contributed by atoms with Crippen molar-refractivity contribution < 1.29 is 5.11 Å². The molecule has 0 aliphatic carbocycles. The first kappa shape index (κ1) is 14.0. The van der Waals surface area contributed by atoms with Crippen molar-refractivity contribution in [3.63, 3.8) is 0 Å². The van der Waals surface area contributed by atoms with E-state index in [1.165, 1.54) is 0 Å². The van der Waals surface area contributed by atoms with E-state index in [4.69, 9.17) is 0 Å². The lowest BCUT2D eigenvalue weighted by atomic mass is 9.74. The highest BCUT2D eigenvalue weighted by Crippen LogP contribution is 2.34. The average molecular weight is 200 g/mol. The molecule has 0 fully saturated rings. The molecule has 0 saturated heterocycles. The Morgan fingerprint density at radius 2 is 1.43 bits per heavy atom. The molecule has 0 spiro atoms. The van der Waals surface area contributed by atoms with E-state index in [-0.39, 0.29) is 5.41 Å². The Labute approximate surface area is 89.9 Å². The van der Waals surface area contributed by atoms with Gasteiger partial charge in [-0.2, -0.15) is 0 Å². The zero-order valence-corrected chi connectivity index (χ0v) is 11.0. The van der Waals surface area contributed by atoms with E-state index >= 15 is 0 Å². The minimum atomic E-state index is -0.525. The second-order valence-electron chi connectivity index (χ2n) is 6.63. The summed E-state index contributed by atoms with van der Waals surface area (Å²) in [6.45, 7) is 15.1. The quantitative estimate of drug-likeness (QED) is 0.730. The zero-order chi connectivity index (χ0) is 11.6. The molecule has 0 saturated carbocycles. The highest BCUT2D eigenvalue weighted by atomic mass is 16.3. The van der Waals surface area contributed by atoms with Gasteiger partial charge in [0.15, 0.2) is 0 Å². The van der Waals surface area contributed by atoms with Crippen LogP contribution in [0.1, 0.15) is 61.3 Å². The zero-order valence-electron chi connectivity index (χ0n) is 11.0. The second kappa shape index (κ2) is 4.65. The molecule has 0 radical (unpaired) electrons. The standard InChI is InChI=1S/C13H28O/c1-10(2)8-11(3)13(7,14)9-12(4,5)6/h10-11,14H,8-9H2,1-7H3. The fourth-order valence-corrected chi connectivity index (χ4v) is 2.21. The Morgan fingerprint density at radius 1 is 1.00 bits per heavy atom. The van der Waals surface area contributed by atoms with Crippen molar-refractivity contribution in [2.45, 2.75) is 66.9 Å². The lowest BCUT2D eigenvalue weighted by Crippen LogP contribution is -2.37. The highest BCUT2D eigenvalue weighted by molar-refractivity contribution is 4.84.